The van der Waals surface area contributed by atoms with Crippen molar-refractivity contribution in [2.75, 3.05) is 14.1 Å². The molecule has 0 fully saturated rings. The van der Waals surface area contributed by atoms with Crippen molar-refractivity contribution in [2.24, 2.45) is 4.99 Å². The molecule has 0 atom stereocenters. The van der Waals surface area contributed by atoms with Crippen molar-refractivity contribution < 1.29 is 18.0 Å². The number of hydrogen-bond donors (Lipinski definition) is 0. The minimum Gasteiger partial charge on any atom is -0.369 e. The van der Waals surface area contributed by atoms with E-state index in [1.165, 1.54) is 12.4 Å². The molecule has 2 rings (SSSR count). The van der Waals surface area contributed by atoms with E-state index in [9.17, 15) is 18.0 Å². The number of carbonyl (C=O) groups is 1. The van der Waals surface area contributed by atoms with Crippen LogP contribution in [0.2, 0.25) is 0 Å². The Hall–Kier alpha value is -2.77. The van der Waals surface area contributed by atoms with Crippen LogP contribution in [0.25, 0.3) is 11.4 Å². The Morgan fingerprint density at radius 3 is 2.39 bits per heavy atom. The van der Waals surface area contributed by atoms with Crippen LogP contribution < -0.4 is 0 Å². The normalized spacial score (nSPS) is 11.2. The van der Waals surface area contributed by atoms with Crippen molar-refractivity contribution in [3.8, 4) is 11.4 Å². The highest BCUT2D eigenvalue weighted by Crippen LogP contribution is 2.28. The second kappa shape index (κ2) is 6.99. The van der Waals surface area contributed by atoms with Gasteiger partial charge in [-0.3, -0.25) is 4.79 Å². The third-order valence-corrected chi connectivity index (χ3v) is 2.84. The minimum absolute atomic E-state index is 0.0256. The van der Waals surface area contributed by atoms with Gasteiger partial charge in [-0.2, -0.15) is 0 Å². The van der Waals surface area contributed by atoms with Gasteiger partial charge in [-0.1, -0.05) is 0 Å². The zero-order valence-electron chi connectivity index (χ0n) is 12.4. The Morgan fingerprint density at radius 2 is 1.87 bits per heavy atom. The molecule has 1 aromatic carbocycles. The number of rotatable bonds is 5. The second-order valence-electron chi connectivity index (χ2n) is 4.86. The van der Waals surface area contributed by atoms with Crippen LogP contribution in [0.1, 0.15) is 22.3 Å². The van der Waals surface area contributed by atoms with Crippen LogP contribution >= 0.6 is 0 Å². The van der Waals surface area contributed by atoms with Gasteiger partial charge in [0.25, 0.3) is 6.43 Å². The summed E-state index contributed by atoms with van der Waals surface area (Å²) in [6.07, 6.45) is 1.10. The predicted molar refractivity (Wildman–Crippen MR) is 79.6 cm³/mol. The molecule has 23 heavy (non-hydrogen) atoms. The fraction of sp³-hybridized carbons (Fsp3) is 0.200. The Kier molecular flexibility index (Phi) is 5.05. The smallest absolute Gasteiger partial charge is 0.266 e. The van der Waals surface area contributed by atoms with E-state index in [1.54, 1.807) is 19.0 Å². The monoisotopic (exact) mass is 322 g/mol. The maximum absolute atomic E-state index is 14.1. The SMILES string of the molecule is CN(C)C=Nc1cc(-c2ncc(C(F)F)cn2)c(F)cc1C=O. The maximum atomic E-state index is 14.1. The summed E-state index contributed by atoms with van der Waals surface area (Å²) < 4.78 is 39.1. The average Bonchev–Trinajstić information content (AvgIpc) is 2.53. The first-order valence-electron chi connectivity index (χ1n) is 6.52. The summed E-state index contributed by atoms with van der Waals surface area (Å²) in [5.41, 5.74) is -0.0907. The molecule has 0 N–H and O–H groups in total. The standard InChI is InChI=1S/C15H13F3N4O/c1-22(2)8-21-13-4-11(12(16)3-9(13)7-23)15-19-5-10(6-20-15)14(17)18/h3-8,14H,1-2H3. The van der Waals surface area contributed by atoms with Crippen LogP contribution in [-0.4, -0.2) is 41.6 Å². The average molecular weight is 322 g/mol. The topological polar surface area (TPSA) is 58.5 Å². The number of halogens is 3. The van der Waals surface area contributed by atoms with Gasteiger partial charge in [0.05, 0.1) is 23.2 Å². The molecule has 1 heterocycles. The van der Waals surface area contributed by atoms with Gasteiger partial charge in [-0.25, -0.2) is 28.1 Å². The molecule has 0 spiro atoms. The summed E-state index contributed by atoms with van der Waals surface area (Å²) >= 11 is 0. The minimum atomic E-state index is -2.70. The zero-order valence-corrected chi connectivity index (χ0v) is 12.4. The molecule has 8 heteroatoms. The van der Waals surface area contributed by atoms with Gasteiger partial charge in [-0.05, 0) is 12.1 Å². The number of aromatic nitrogens is 2. The first-order chi connectivity index (χ1) is 10.9. The molecular weight excluding hydrogens is 309 g/mol. The molecule has 0 bridgehead atoms. The first kappa shape index (κ1) is 16.6. The molecule has 5 nitrogen and oxygen atoms in total. The predicted octanol–water partition coefficient (Wildman–Crippen LogP) is 3.25. The molecule has 2 aromatic rings. The lowest BCUT2D eigenvalue weighted by Gasteiger charge is -2.08. The van der Waals surface area contributed by atoms with E-state index >= 15 is 0 Å². The fourth-order valence-electron chi connectivity index (χ4n) is 1.72. The highest BCUT2D eigenvalue weighted by molar-refractivity contribution is 5.86. The van der Waals surface area contributed by atoms with Gasteiger partial charge < -0.3 is 4.90 Å². The molecule has 0 radical (unpaired) electrons. The van der Waals surface area contributed by atoms with Gasteiger partial charge in [0.1, 0.15) is 5.82 Å². The quantitative estimate of drug-likeness (QED) is 0.482. The maximum Gasteiger partial charge on any atom is 0.266 e. The van der Waals surface area contributed by atoms with Crippen molar-refractivity contribution in [1.29, 1.82) is 0 Å². The largest absolute Gasteiger partial charge is 0.369 e. The number of hydrogen-bond acceptors (Lipinski definition) is 4. The molecule has 120 valence electrons. The molecular formula is C15H13F3N4O. The van der Waals surface area contributed by atoms with Crippen LogP contribution in [0.15, 0.2) is 29.5 Å². The van der Waals surface area contributed by atoms with Crippen molar-refractivity contribution in [3.63, 3.8) is 0 Å². The van der Waals surface area contributed by atoms with Crippen LogP contribution in [0, 0.1) is 5.82 Å². The number of benzene rings is 1. The van der Waals surface area contributed by atoms with E-state index < -0.39 is 12.2 Å². The van der Waals surface area contributed by atoms with Crippen molar-refractivity contribution >= 4 is 18.3 Å². The third kappa shape index (κ3) is 3.91. The molecule has 0 amide bonds. The Labute approximate surface area is 130 Å². The summed E-state index contributed by atoms with van der Waals surface area (Å²) in [7, 11) is 3.47. The van der Waals surface area contributed by atoms with Crippen molar-refractivity contribution in [1.82, 2.24) is 14.9 Å². The van der Waals surface area contributed by atoms with Gasteiger partial charge in [0.2, 0.25) is 0 Å². The Balaban J connectivity index is 2.49. The molecule has 0 unspecified atom stereocenters. The van der Waals surface area contributed by atoms with E-state index in [0.29, 0.717) is 6.29 Å². The van der Waals surface area contributed by atoms with Crippen molar-refractivity contribution in [2.45, 2.75) is 6.43 Å². The highest BCUT2D eigenvalue weighted by Gasteiger charge is 2.14. The van der Waals surface area contributed by atoms with E-state index in [0.717, 1.165) is 18.5 Å². The van der Waals surface area contributed by atoms with E-state index in [1.807, 2.05) is 0 Å². The van der Waals surface area contributed by atoms with Gasteiger partial charge in [0, 0.05) is 32.1 Å². The Morgan fingerprint density at radius 1 is 1.22 bits per heavy atom. The van der Waals surface area contributed by atoms with Crippen LogP contribution in [0.4, 0.5) is 18.9 Å². The second-order valence-corrected chi connectivity index (χ2v) is 4.86. The zero-order chi connectivity index (χ0) is 17.0. The van der Waals surface area contributed by atoms with E-state index in [2.05, 4.69) is 15.0 Å². The fourth-order valence-corrected chi connectivity index (χ4v) is 1.72. The first-order valence-corrected chi connectivity index (χ1v) is 6.52. The van der Waals surface area contributed by atoms with Crippen LogP contribution in [0.5, 0.6) is 0 Å². The lowest BCUT2D eigenvalue weighted by atomic mass is 10.1. The number of aldehydes is 1. The van der Waals surface area contributed by atoms with Crippen LogP contribution in [-0.2, 0) is 0 Å². The van der Waals surface area contributed by atoms with E-state index in [-0.39, 0.29) is 28.2 Å². The summed E-state index contributed by atoms with van der Waals surface area (Å²) in [5, 5.41) is 0. The van der Waals surface area contributed by atoms with Gasteiger partial charge in [0.15, 0.2) is 12.1 Å². The van der Waals surface area contributed by atoms with Gasteiger partial charge >= 0.3 is 0 Å². The molecule has 1 aromatic heterocycles. The lowest BCUT2D eigenvalue weighted by Crippen LogP contribution is -2.07. The van der Waals surface area contributed by atoms with E-state index in [4.69, 9.17) is 0 Å². The summed E-state index contributed by atoms with van der Waals surface area (Å²) in [4.78, 5) is 24.2. The number of aliphatic imine (C=N–C) groups is 1. The lowest BCUT2D eigenvalue weighted by molar-refractivity contribution is 0.112. The summed E-state index contributed by atoms with van der Waals surface area (Å²) in [5.74, 6) is -0.800. The molecule has 0 aliphatic rings. The van der Waals surface area contributed by atoms with Gasteiger partial charge in [-0.15, -0.1) is 0 Å². The Bertz CT molecular complexity index is 730. The molecule has 0 saturated heterocycles. The summed E-state index contributed by atoms with van der Waals surface area (Å²) in [6, 6.07) is 2.31. The molecule has 0 saturated carbocycles. The number of carbonyl (C=O) groups excluding carboxylic acids is 1. The summed E-state index contributed by atoms with van der Waals surface area (Å²) in [6.45, 7) is 0. The third-order valence-electron chi connectivity index (χ3n) is 2.84. The number of nitrogens with zero attached hydrogens (tertiary/aromatic N) is 4. The number of alkyl halides is 2. The molecule has 0 aliphatic carbocycles. The van der Waals surface area contributed by atoms with Crippen molar-refractivity contribution in [3.05, 3.63) is 41.5 Å². The van der Waals surface area contributed by atoms with Crippen LogP contribution in [0.3, 0.4) is 0 Å². The highest BCUT2D eigenvalue weighted by atomic mass is 19.3. The molecule has 0 aliphatic heterocycles.